The third kappa shape index (κ3) is 2.93. The molecule has 2 N–H and O–H groups in total. The van der Waals surface area contributed by atoms with Crippen molar-refractivity contribution in [3.63, 3.8) is 0 Å². The van der Waals surface area contributed by atoms with Crippen molar-refractivity contribution in [1.29, 1.82) is 0 Å². The SMILES string of the molecule is C=CCC(N)CCc1ccco1. The molecule has 1 unspecified atom stereocenters. The minimum absolute atomic E-state index is 0.215. The van der Waals surface area contributed by atoms with E-state index in [1.165, 1.54) is 0 Å². The molecule has 1 rings (SSSR count). The van der Waals surface area contributed by atoms with Crippen LogP contribution in [0, 0.1) is 0 Å². The fourth-order valence-electron chi connectivity index (χ4n) is 1.11. The average Bonchev–Trinajstić information content (AvgIpc) is 2.53. The van der Waals surface area contributed by atoms with Gasteiger partial charge in [0, 0.05) is 12.5 Å². The van der Waals surface area contributed by atoms with Gasteiger partial charge in [0.05, 0.1) is 6.26 Å². The Hall–Kier alpha value is -1.02. The third-order valence-corrected chi connectivity index (χ3v) is 1.81. The van der Waals surface area contributed by atoms with Gasteiger partial charge in [0.2, 0.25) is 0 Å². The van der Waals surface area contributed by atoms with E-state index < -0.39 is 0 Å². The molecule has 0 aromatic carbocycles. The Kier molecular flexibility index (Phi) is 3.61. The highest BCUT2D eigenvalue weighted by Crippen LogP contribution is 2.06. The molecule has 0 radical (unpaired) electrons. The lowest BCUT2D eigenvalue weighted by molar-refractivity contribution is 0.485. The van der Waals surface area contributed by atoms with Gasteiger partial charge in [-0.25, -0.2) is 0 Å². The van der Waals surface area contributed by atoms with Gasteiger partial charge in [-0.3, -0.25) is 0 Å². The predicted octanol–water partition coefficient (Wildman–Crippen LogP) is 2.12. The first-order valence-corrected chi connectivity index (χ1v) is 4.22. The summed E-state index contributed by atoms with van der Waals surface area (Å²) in [6, 6.07) is 4.09. The van der Waals surface area contributed by atoms with E-state index in [1.807, 2.05) is 18.2 Å². The molecule has 1 aromatic rings. The molecule has 0 amide bonds. The van der Waals surface area contributed by atoms with Crippen molar-refractivity contribution in [2.45, 2.75) is 25.3 Å². The molecule has 12 heavy (non-hydrogen) atoms. The van der Waals surface area contributed by atoms with Crippen molar-refractivity contribution >= 4 is 0 Å². The van der Waals surface area contributed by atoms with Crippen LogP contribution in [0.5, 0.6) is 0 Å². The lowest BCUT2D eigenvalue weighted by Gasteiger charge is -2.06. The number of furan rings is 1. The van der Waals surface area contributed by atoms with Gasteiger partial charge in [0.1, 0.15) is 5.76 Å². The Morgan fingerprint density at radius 3 is 3.08 bits per heavy atom. The highest BCUT2D eigenvalue weighted by atomic mass is 16.3. The van der Waals surface area contributed by atoms with Crippen LogP contribution in [-0.4, -0.2) is 6.04 Å². The van der Waals surface area contributed by atoms with Gasteiger partial charge in [-0.15, -0.1) is 6.58 Å². The lowest BCUT2D eigenvalue weighted by Crippen LogP contribution is -2.19. The number of nitrogens with two attached hydrogens (primary N) is 1. The van der Waals surface area contributed by atoms with Crippen molar-refractivity contribution in [3.05, 3.63) is 36.8 Å². The van der Waals surface area contributed by atoms with Crippen LogP contribution >= 0.6 is 0 Å². The Bertz CT molecular complexity index is 216. The molecule has 0 aliphatic rings. The summed E-state index contributed by atoms with van der Waals surface area (Å²) >= 11 is 0. The van der Waals surface area contributed by atoms with E-state index >= 15 is 0 Å². The molecular weight excluding hydrogens is 150 g/mol. The van der Waals surface area contributed by atoms with Gasteiger partial charge in [-0.2, -0.15) is 0 Å². The van der Waals surface area contributed by atoms with E-state index in [0.717, 1.165) is 25.0 Å². The maximum atomic E-state index is 5.79. The number of hydrogen-bond acceptors (Lipinski definition) is 2. The number of aryl methyl sites for hydroxylation is 1. The Labute approximate surface area is 73.1 Å². The van der Waals surface area contributed by atoms with Gasteiger partial charge in [-0.05, 0) is 25.0 Å². The average molecular weight is 165 g/mol. The van der Waals surface area contributed by atoms with Crippen LogP contribution in [0.2, 0.25) is 0 Å². The molecule has 1 atom stereocenters. The largest absolute Gasteiger partial charge is 0.469 e. The zero-order valence-electron chi connectivity index (χ0n) is 7.20. The second-order valence-electron chi connectivity index (χ2n) is 2.90. The maximum Gasteiger partial charge on any atom is 0.103 e. The summed E-state index contributed by atoms with van der Waals surface area (Å²) in [5.74, 6) is 1.01. The second-order valence-corrected chi connectivity index (χ2v) is 2.90. The minimum Gasteiger partial charge on any atom is -0.469 e. The lowest BCUT2D eigenvalue weighted by atomic mass is 10.1. The molecular formula is C10H15NO. The van der Waals surface area contributed by atoms with E-state index in [0.29, 0.717) is 0 Å². The van der Waals surface area contributed by atoms with E-state index in [1.54, 1.807) is 6.26 Å². The fourth-order valence-corrected chi connectivity index (χ4v) is 1.11. The monoisotopic (exact) mass is 165 g/mol. The molecule has 0 aliphatic carbocycles. The smallest absolute Gasteiger partial charge is 0.103 e. The molecule has 0 saturated carbocycles. The first kappa shape index (κ1) is 9.07. The van der Waals surface area contributed by atoms with E-state index in [2.05, 4.69) is 6.58 Å². The van der Waals surface area contributed by atoms with Crippen molar-refractivity contribution in [2.24, 2.45) is 5.73 Å². The van der Waals surface area contributed by atoms with Crippen molar-refractivity contribution in [3.8, 4) is 0 Å². The second kappa shape index (κ2) is 4.78. The number of hydrogen-bond donors (Lipinski definition) is 1. The third-order valence-electron chi connectivity index (χ3n) is 1.81. The zero-order chi connectivity index (χ0) is 8.81. The van der Waals surface area contributed by atoms with Gasteiger partial charge in [0.25, 0.3) is 0 Å². The quantitative estimate of drug-likeness (QED) is 0.679. The van der Waals surface area contributed by atoms with Gasteiger partial charge < -0.3 is 10.2 Å². The van der Waals surface area contributed by atoms with E-state index in [-0.39, 0.29) is 6.04 Å². The summed E-state index contributed by atoms with van der Waals surface area (Å²) in [6.45, 7) is 3.64. The summed E-state index contributed by atoms with van der Waals surface area (Å²) in [4.78, 5) is 0. The Balaban J connectivity index is 2.21. The molecule has 2 heteroatoms. The summed E-state index contributed by atoms with van der Waals surface area (Å²) in [6.07, 6.45) is 6.30. The maximum absolute atomic E-state index is 5.79. The van der Waals surface area contributed by atoms with Gasteiger partial charge in [-0.1, -0.05) is 6.08 Å². The van der Waals surface area contributed by atoms with Gasteiger partial charge in [0.15, 0.2) is 0 Å². The molecule has 66 valence electrons. The Morgan fingerprint density at radius 2 is 2.50 bits per heavy atom. The normalized spacial score (nSPS) is 12.8. The highest BCUT2D eigenvalue weighted by Gasteiger charge is 2.01. The summed E-state index contributed by atoms with van der Waals surface area (Å²) in [5.41, 5.74) is 5.79. The minimum atomic E-state index is 0.215. The van der Waals surface area contributed by atoms with Crippen molar-refractivity contribution in [2.75, 3.05) is 0 Å². The summed E-state index contributed by atoms with van der Waals surface area (Å²) in [7, 11) is 0. The fraction of sp³-hybridized carbons (Fsp3) is 0.400. The summed E-state index contributed by atoms with van der Waals surface area (Å²) < 4.78 is 5.18. The van der Waals surface area contributed by atoms with Crippen LogP contribution in [0.1, 0.15) is 18.6 Å². The van der Waals surface area contributed by atoms with Crippen LogP contribution in [0.4, 0.5) is 0 Å². The standard InChI is InChI=1S/C10H15NO/c1-2-4-9(11)6-7-10-5-3-8-12-10/h2-3,5,8-9H,1,4,6-7,11H2. The number of rotatable bonds is 5. The van der Waals surface area contributed by atoms with Crippen LogP contribution in [0.25, 0.3) is 0 Å². The molecule has 1 heterocycles. The van der Waals surface area contributed by atoms with Crippen molar-refractivity contribution in [1.82, 2.24) is 0 Å². The predicted molar refractivity (Wildman–Crippen MR) is 49.8 cm³/mol. The molecule has 0 spiro atoms. The van der Waals surface area contributed by atoms with Crippen LogP contribution in [0.3, 0.4) is 0 Å². The van der Waals surface area contributed by atoms with E-state index in [4.69, 9.17) is 10.2 Å². The van der Waals surface area contributed by atoms with Gasteiger partial charge >= 0.3 is 0 Å². The molecule has 2 nitrogen and oxygen atoms in total. The Morgan fingerprint density at radius 1 is 1.67 bits per heavy atom. The topological polar surface area (TPSA) is 39.2 Å². The van der Waals surface area contributed by atoms with Crippen LogP contribution in [-0.2, 0) is 6.42 Å². The first-order chi connectivity index (χ1) is 5.83. The molecule has 0 bridgehead atoms. The highest BCUT2D eigenvalue weighted by molar-refractivity contribution is 4.98. The van der Waals surface area contributed by atoms with Crippen LogP contribution < -0.4 is 5.73 Å². The van der Waals surface area contributed by atoms with Crippen LogP contribution in [0.15, 0.2) is 35.5 Å². The molecule has 0 fully saturated rings. The van der Waals surface area contributed by atoms with E-state index in [9.17, 15) is 0 Å². The van der Waals surface area contributed by atoms with Crippen molar-refractivity contribution < 1.29 is 4.42 Å². The molecule has 0 aliphatic heterocycles. The molecule has 0 saturated heterocycles. The zero-order valence-corrected chi connectivity index (χ0v) is 7.20. The first-order valence-electron chi connectivity index (χ1n) is 4.22. The molecule has 1 aromatic heterocycles. The summed E-state index contributed by atoms with van der Waals surface area (Å²) in [5, 5.41) is 0.